The van der Waals surface area contributed by atoms with Crippen LogP contribution in [0.3, 0.4) is 0 Å². The van der Waals surface area contributed by atoms with Gasteiger partial charge in [0.2, 0.25) is 0 Å². The molecule has 0 unspecified atom stereocenters. The second-order valence-corrected chi connectivity index (χ2v) is 2.29. The topological polar surface area (TPSA) is 76.2 Å². The molecule has 0 aromatic carbocycles. The Morgan fingerprint density at radius 1 is 1.62 bits per heavy atom. The van der Waals surface area contributed by atoms with E-state index in [2.05, 4.69) is 4.98 Å². The molecule has 1 rings (SSSR count). The third-order valence-electron chi connectivity index (χ3n) is 1.42. The van der Waals surface area contributed by atoms with Crippen molar-refractivity contribution in [3.05, 3.63) is 17.3 Å². The number of halogens is 2. The molecule has 1 aromatic heterocycles. The molecule has 0 aliphatic carbocycles. The quantitative estimate of drug-likeness (QED) is 0.682. The van der Waals surface area contributed by atoms with Gasteiger partial charge in [-0.25, -0.2) is 13.8 Å². The Balaban J connectivity index is 3.28. The molecule has 0 aliphatic rings. The lowest BCUT2D eigenvalue weighted by Crippen LogP contribution is -2.01. The van der Waals surface area contributed by atoms with Gasteiger partial charge < -0.3 is 10.8 Å². The van der Waals surface area contributed by atoms with Gasteiger partial charge >= 0.3 is 0 Å². The number of pyridine rings is 1. The highest BCUT2D eigenvalue weighted by Crippen LogP contribution is 2.28. The fourth-order valence-corrected chi connectivity index (χ4v) is 0.802. The number of rotatable bonds is 2. The second kappa shape index (κ2) is 3.34. The molecule has 3 N–H and O–H groups in total. The molecular weight excluding hydrogens is 182 g/mol. The van der Waals surface area contributed by atoms with Gasteiger partial charge in [0.15, 0.2) is 12.0 Å². The number of alkyl halides is 2. The summed E-state index contributed by atoms with van der Waals surface area (Å²) in [6.45, 7) is 0. The van der Waals surface area contributed by atoms with Crippen molar-refractivity contribution in [2.24, 2.45) is 0 Å². The molecule has 0 radical (unpaired) electrons. The molecule has 1 heterocycles. The van der Waals surface area contributed by atoms with Gasteiger partial charge in [-0.15, -0.1) is 0 Å². The zero-order valence-corrected chi connectivity index (χ0v) is 6.37. The first kappa shape index (κ1) is 9.37. The maximum absolute atomic E-state index is 12.1. The van der Waals surface area contributed by atoms with Gasteiger partial charge in [0.1, 0.15) is 11.6 Å². The summed E-state index contributed by atoms with van der Waals surface area (Å²) < 4.78 is 24.2. The number of nitrogens with zero attached hydrogens (tertiary/aromatic N) is 1. The lowest BCUT2D eigenvalue weighted by Gasteiger charge is -2.04. The minimum absolute atomic E-state index is 0.109. The fourth-order valence-electron chi connectivity index (χ4n) is 0.802. The number of nitrogen functional groups attached to an aromatic ring is 1. The lowest BCUT2D eigenvalue weighted by atomic mass is 10.2. The van der Waals surface area contributed by atoms with E-state index in [9.17, 15) is 13.6 Å². The van der Waals surface area contributed by atoms with Crippen molar-refractivity contribution in [3.63, 3.8) is 0 Å². The van der Waals surface area contributed by atoms with E-state index in [1.54, 1.807) is 0 Å². The van der Waals surface area contributed by atoms with Crippen molar-refractivity contribution < 1.29 is 18.7 Å². The normalized spacial score (nSPS) is 10.4. The Kier molecular flexibility index (Phi) is 2.41. The molecule has 0 atom stereocenters. The minimum Gasteiger partial charge on any atom is -0.506 e. The highest BCUT2D eigenvalue weighted by molar-refractivity contribution is 5.82. The van der Waals surface area contributed by atoms with Gasteiger partial charge in [0, 0.05) is 0 Å². The highest BCUT2D eigenvalue weighted by atomic mass is 19.3. The van der Waals surface area contributed by atoms with Crippen LogP contribution in [0.5, 0.6) is 5.75 Å². The number of nitrogens with two attached hydrogens (primary N) is 1. The molecule has 0 saturated carbocycles. The van der Waals surface area contributed by atoms with E-state index in [1.165, 1.54) is 0 Å². The Morgan fingerprint density at radius 3 is 2.69 bits per heavy atom. The average molecular weight is 188 g/mol. The SMILES string of the molecule is Nc1nc(C(F)F)c(O)cc1C=O. The molecule has 13 heavy (non-hydrogen) atoms. The molecule has 0 amide bonds. The Hall–Kier alpha value is -1.72. The number of hydrogen-bond acceptors (Lipinski definition) is 4. The molecule has 1 aromatic rings. The van der Waals surface area contributed by atoms with E-state index < -0.39 is 17.9 Å². The third kappa shape index (κ3) is 1.71. The molecule has 0 aliphatic heterocycles. The number of carbonyl (C=O) groups excluding carboxylic acids is 1. The number of aromatic nitrogens is 1. The number of carbonyl (C=O) groups is 1. The number of anilines is 1. The molecule has 4 nitrogen and oxygen atoms in total. The Morgan fingerprint density at radius 2 is 2.23 bits per heavy atom. The molecule has 0 fully saturated rings. The van der Waals surface area contributed by atoms with Crippen LogP contribution < -0.4 is 5.73 Å². The maximum Gasteiger partial charge on any atom is 0.284 e. The van der Waals surface area contributed by atoms with Crippen molar-refractivity contribution in [2.75, 3.05) is 5.73 Å². The van der Waals surface area contributed by atoms with Gasteiger partial charge in [0.05, 0.1) is 5.56 Å². The van der Waals surface area contributed by atoms with E-state index in [0.717, 1.165) is 6.07 Å². The summed E-state index contributed by atoms with van der Waals surface area (Å²) in [5.41, 5.74) is 4.23. The van der Waals surface area contributed by atoms with E-state index in [1.807, 2.05) is 0 Å². The molecule has 0 spiro atoms. The van der Waals surface area contributed by atoms with Crippen LogP contribution >= 0.6 is 0 Å². The van der Waals surface area contributed by atoms with Crippen LogP contribution in [0.1, 0.15) is 22.5 Å². The van der Waals surface area contributed by atoms with Crippen LogP contribution in [0.4, 0.5) is 14.6 Å². The van der Waals surface area contributed by atoms with Crippen molar-refractivity contribution in [1.82, 2.24) is 4.98 Å². The van der Waals surface area contributed by atoms with Crippen LogP contribution in [-0.2, 0) is 0 Å². The maximum atomic E-state index is 12.1. The summed E-state index contributed by atoms with van der Waals surface area (Å²) in [6, 6.07) is 0.858. The van der Waals surface area contributed by atoms with Crippen LogP contribution in [-0.4, -0.2) is 16.4 Å². The van der Waals surface area contributed by atoms with Gasteiger partial charge in [-0.05, 0) is 6.07 Å². The summed E-state index contributed by atoms with van der Waals surface area (Å²) in [4.78, 5) is 13.4. The largest absolute Gasteiger partial charge is 0.506 e. The van der Waals surface area contributed by atoms with Crippen molar-refractivity contribution in [1.29, 1.82) is 0 Å². The van der Waals surface area contributed by atoms with Crippen LogP contribution in [0.2, 0.25) is 0 Å². The molecule has 0 bridgehead atoms. The fraction of sp³-hybridized carbons (Fsp3) is 0.143. The first-order valence-corrected chi connectivity index (χ1v) is 3.29. The number of aromatic hydroxyl groups is 1. The standard InChI is InChI=1S/C7H6F2N2O2/c8-6(9)5-4(13)1-3(2-12)7(10)11-5/h1-2,6,13H,(H2,10,11). The van der Waals surface area contributed by atoms with Crippen molar-refractivity contribution >= 4 is 12.1 Å². The summed E-state index contributed by atoms with van der Waals surface area (Å²) in [5.74, 6) is -1.05. The third-order valence-corrected chi connectivity index (χ3v) is 1.42. The monoisotopic (exact) mass is 188 g/mol. The number of hydrogen-bond donors (Lipinski definition) is 2. The number of aldehydes is 1. The Labute approximate surface area is 72.0 Å². The zero-order chi connectivity index (χ0) is 10.0. The second-order valence-electron chi connectivity index (χ2n) is 2.29. The zero-order valence-electron chi connectivity index (χ0n) is 6.37. The van der Waals surface area contributed by atoms with Crippen LogP contribution in [0.15, 0.2) is 6.07 Å². The van der Waals surface area contributed by atoms with Crippen LogP contribution in [0, 0.1) is 0 Å². The van der Waals surface area contributed by atoms with Gasteiger partial charge in [-0.1, -0.05) is 0 Å². The minimum atomic E-state index is -2.91. The highest BCUT2D eigenvalue weighted by Gasteiger charge is 2.16. The molecule has 6 heteroatoms. The summed E-state index contributed by atoms with van der Waals surface area (Å²) in [5, 5.41) is 8.96. The summed E-state index contributed by atoms with van der Waals surface area (Å²) >= 11 is 0. The van der Waals surface area contributed by atoms with E-state index >= 15 is 0 Å². The van der Waals surface area contributed by atoms with Crippen LogP contribution in [0.25, 0.3) is 0 Å². The predicted octanol–water partition coefficient (Wildman–Crippen LogP) is 1.12. The van der Waals surface area contributed by atoms with Gasteiger partial charge in [-0.3, -0.25) is 4.79 Å². The van der Waals surface area contributed by atoms with Crippen molar-refractivity contribution in [2.45, 2.75) is 6.43 Å². The van der Waals surface area contributed by atoms with Gasteiger partial charge in [-0.2, -0.15) is 0 Å². The molecular formula is C7H6F2N2O2. The predicted molar refractivity (Wildman–Crippen MR) is 40.7 cm³/mol. The Bertz CT molecular complexity index is 342. The molecule has 70 valence electrons. The van der Waals surface area contributed by atoms with Gasteiger partial charge in [0.25, 0.3) is 6.43 Å². The first-order valence-electron chi connectivity index (χ1n) is 3.29. The first-order chi connectivity index (χ1) is 6.06. The summed E-state index contributed by atoms with van der Waals surface area (Å²) in [7, 11) is 0. The average Bonchev–Trinajstić information content (AvgIpc) is 2.07. The van der Waals surface area contributed by atoms with E-state index in [-0.39, 0.29) is 11.4 Å². The summed E-state index contributed by atoms with van der Waals surface area (Å²) in [6.07, 6.45) is -2.58. The smallest absolute Gasteiger partial charge is 0.284 e. The van der Waals surface area contributed by atoms with Crippen molar-refractivity contribution in [3.8, 4) is 5.75 Å². The molecule has 0 saturated heterocycles. The van der Waals surface area contributed by atoms with E-state index in [4.69, 9.17) is 10.8 Å². The lowest BCUT2D eigenvalue weighted by molar-refractivity contribution is 0.112. The van der Waals surface area contributed by atoms with E-state index in [0.29, 0.717) is 6.29 Å².